The fraction of sp³-hybridized carbons (Fsp3) is 0.583. The second kappa shape index (κ2) is 3.57. The van der Waals surface area contributed by atoms with E-state index >= 15 is 0 Å². The number of amides is 2. The lowest BCUT2D eigenvalue weighted by Gasteiger charge is -2.43. The number of carboxylic acid groups (broad SMARTS) is 1. The van der Waals surface area contributed by atoms with Crippen LogP contribution in [0.2, 0.25) is 0 Å². The number of hydrogen-bond donors (Lipinski definition) is 1. The average Bonchev–Trinajstić information content (AvgIpc) is 2.64. The number of nitrogens with zero attached hydrogens (tertiary/aromatic N) is 1. The third kappa shape index (κ3) is 1.52. The number of rotatable bonds is 1. The minimum absolute atomic E-state index is 0.383. The van der Waals surface area contributed by atoms with Gasteiger partial charge in [-0.05, 0) is 11.8 Å². The van der Waals surface area contributed by atoms with Crippen molar-refractivity contribution in [2.45, 2.75) is 27.2 Å². The lowest BCUT2D eigenvalue weighted by Crippen LogP contribution is -2.56. The maximum Gasteiger partial charge on any atom is 0.531 e. The normalized spacial score (nSPS) is 30.8. The van der Waals surface area contributed by atoms with Crippen LogP contribution >= 0.6 is 0 Å². The summed E-state index contributed by atoms with van der Waals surface area (Å²) in [5, 5.41) is 8.98. The van der Waals surface area contributed by atoms with Gasteiger partial charge in [-0.25, -0.2) is 4.79 Å². The Morgan fingerprint density at radius 3 is 2.61 bits per heavy atom. The number of hydrogen-bond acceptors (Lipinski definition) is 4. The van der Waals surface area contributed by atoms with E-state index in [-0.39, 0.29) is 0 Å². The molecule has 1 aliphatic carbocycles. The van der Waals surface area contributed by atoms with Gasteiger partial charge in [-0.1, -0.05) is 38.0 Å². The third-order valence-electron chi connectivity index (χ3n) is 3.75. The van der Waals surface area contributed by atoms with Crippen molar-refractivity contribution < 1.29 is 24.3 Å². The predicted octanol–water partition coefficient (Wildman–Crippen LogP) is 1.57. The van der Waals surface area contributed by atoms with Crippen LogP contribution in [0.25, 0.3) is 0 Å². The highest BCUT2D eigenvalue weighted by molar-refractivity contribution is 6.04. The van der Waals surface area contributed by atoms with Gasteiger partial charge in [0.25, 0.3) is 11.8 Å². The second-order valence-corrected chi connectivity index (χ2v) is 5.69. The van der Waals surface area contributed by atoms with Crippen molar-refractivity contribution in [1.82, 2.24) is 5.06 Å². The summed E-state index contributed by atoms with van der Waals surface area (Å²) in [6.45, 7) is 5.64. The van der Waals surface area contributed by atoms with Crippen LogP contribution < -0.4 is 0 Å². The van der Waals surface area contributed by atoms with Crippen LogP contribution in [-0.2, 0) is 14.4 Å². The van der Waals surface area contributed by atoms with Gasteiger partial charge in [-0.2, -0.15) is 0 Å². The minimum Gasteiger partial charge on any atom is -0.448 e. The van der Waals surface area contributed by atoms with E-state index in [0.717, 1.165) is 0 Å². The van der Waals surface area contributed by atoms with E-state index < -0.39 is 34.7 Å². The van der Waals surface area contributed by atoms with Crippen molar-refractivity contribution in [3.05, 3.63) is 12.2 Å². The van der Waals surface area contributed by atoms with Crippen molar-refractivity contribution >= 4 is 18.0 Å². The number of imide groups is 1. The molecule has 0 saturated carbocycles. The van der Waals surface area contributed by atoms with E-state index in [2.05, 4.69) is 4.84 Å². The number of fused-ring (bicyclic) bond motifs is 2. The van der Waals surface area contributed by atoms with Crippen LogP contribution in [0.5, 0.6) is 0 Å². The highest BCUT2D eigenvalue weighted by Crippen LogP contribution is 2.53. The van der Waals surface area contributed by atoms with E-state index in [9.17, 15) is 14.4 Å². The minimum atomic E-state index is -1.66. The maximum absolute atomic E-state index is 12.4. The summed E-state index contributed by atoms with van der Waals surface area (Å²) in [6.07, 6.45) is 2.09. The first kappa shape index (κ1) is 12.6. The Balaban J connectivity index is 2.42. The van der Waals surface area contributed by atoms with Gasteiger partial charge in [-0.15, -0.1) is 0 Å². The molecule has 2 unspecified atom stereocenters. The Bertz CT molecular complexity index is 462. The second-order valence-electron chi connectivity index (χ2n) is 5.69. The molecule has 6 nitrogen and oxygen atoms in total. The van der Waals surface area contributed by atoms with Gasteiger partial charge in [0.2, 0.25) is 0 Å². The molecule has 18 heavy (non-hydrogen) atoms. The first-order chi connectivity index (χ1) is 8.19. The van der Waals surface area contributed by atoms with Crippen molar-refractivity contribution in [2.24, 2.45) is 16.7 Å². The van der Waals surface area contributed by atoms with Crippen LogP contribution in [-0.4, -0.2) is 28.1 Å². The average molecular weight is 253 g/mol. The smallest absolute Gasteiger partial charge is 0.448 e. The summed E-state index contributed by atoms with van der Waals surface area (Å²) < 4.78 is 0. The summed E-state index contributed by atoms with van der Waals surface area (Å²) in [4.78, 5) is 39.1. The highest BCUT2D eigenvalue weighted by Gasteiger charge is 2.59. The first-order valence-corrected chi connectivity index (χ1v) is 5.68. The molecule has 98 valence electrons. The van der Waals surface area contributed by atoms with Gasteiger partial charge >= 0.3 is 6.16 Å². The largest absolute Gasteiger partial charge is 0.531 e. The standard InChI is InChI=1S/C12H15NO5/c1-11(2,3)12-5-4-7(6-12)8(14)13(9(12)15)18-10(16)17/h4-5,7H,6H2,1-3H3,(H,16,17). The summed E-state index contributed by atoms with van der Waals surface area (Å²) >= 11 is 0. The van der Waals surface area contributed by atoms with Crippen LogP contribution in [0.1, 0.15) is 27.2 Å². The van der Waals surface area contributed by atoms with Crippen molar-refractivity contribution in [2.75, 3.05) is 0 Å². The monoisotopic (exact) mass is 253 g/mol. The Kier molecular flexibility index (Phi) is 2.50. The molecule has 2 atom stereocenters. The molecule has 1 heterocycles. The zero-order valence-corrected chi connectivity index (χ0v) is 10.5. The fourth-order valence-electron chi connectivity index (χ4n) is 2.57. The van der Waals surface area contributed by atoms with Gasteiger partial charge in [0.05, 0.1) is 11.3 Å². The molecule has 0 aromatic carbocycles. The Morgan fingerprint density at radius 1 is 1.50 bits per heavy atom. The molecule has 0 radical (unpaired) electrons. The lowest BCUT2D eigenvalue weighted by molar-refractivity contribution is -0.201. The fourth-order valence-corrected chi connectivity index (χ4v) is 2.57. The van der Waals surface area contributed by atoms with Gasteiger partial charge in [0.1, 0.15) is 0 Å². The van der Waals surface area contributed by atoms with E-state index in [4.69, 9.17) is 5.11 Å². The zero-order valence-electron chi connectivity index (χ0n) is 10.5. The molecule has 0 aromatic heterocycles. The Morgan fingerprint density at radius 2 is 2.11 bits per heavy atom. The molecule has 0 spiro atoms. The number of carbonyl (C=O) groups is 3. The number of carbonyl (C=O) groups excluding carboxylic acids is 2. The van der Waals surface area contributed by atoms with E-state index in [1.165, 1.54) is 0 Å². The Labute approximate surface area is 104 Å². The summed E-state index contributed by atoms with van der Waals surface area (Å²) in [5.74, 6) is -1.70. The van der Waals surface area contributed by atoms with Gasteiger partial charge in [-0.3, -0.25) is 14.4 Å². The first-order valence-electron chi connectivity index (χ1n) is 5.68. The van der Waals surface area contributed by atoms with Crippen LogP contribution in [0, 0.1) is 16.7 Å². The molecule has 1 fully saturated rings. The van der Waals surface area contributed by atoms with Gasteiger partial charge in [0.15, 0.2) is 0 Å². The van der Waals surface area contributed by atoms with Gasteiger partial charge < -0.3 is 5.11 Å². The van der Waals surface area contributed by atoms with Crippen molar-refractivity contribution in [3.63, 3.8) is 0 Å². The molecule has 2 amide bonds. The number of piperidine rings is 1. The molecule has 1 N–H and O–H groups in total. The summed E-state index contributed by atoms with van der Waals surface area (Å²) in [5.41, 5.74) is -1.29. The zero-order chi connectivity index (χ0) is 13.7. The molecule has 2 rings (SSSR count). The van der Waals surface area contributed by atoms with Gasteiger partial charge in [0, 0.05) is 0 Å². The van der Waals surface area contributed by atoms with Crippen molar-refractivity contribution in [1.29, 1.82) is 0 Å². The molecule has 2 aliphatic rings. The summed E-state index contributed by atoms with van der Waals surface area (Å²) in [7, 11) is 0. The summed E-state index contributed by atoms with van der Waals surface area (Å²) in [6, 6.07) is 0. The van der Waals surface area contributed by atoms with E-state index in [1.807, 2.05) is 20.8 Å². The lowest BCUT2D eigenvalue weighted by atomic mass is 9.63. The molecule has 6 heteroatoms. The molecule has 1 saturated heterocycles. The molecule has 0 aromatic rings. The Hall–Kier alpha value is -1.85. The molecule has 2 bridgehead atoms. The van der Waals surface area contributed by atoms with Crippen LogP contribution in [0.15, 0.2) is 12.2 Å². The van der Waals surface area contributed by atoms with Crippen LogP contribution in [0.4, 0.5) is 4.79 Å². The van der Waals surface area contributed by atoms with Crippen LogP contribution in [0.3, 0.4) is 0 Å². The quantitative estimate of drug-likeness (QED) is 0.566. The SMILES string of the molecule is CC(C)(C)C12C=CC(C1)C(=O)N(OC(=O)O)C2=O. The van der Waals surface area contributed by atoms with E-state index in [0.29, 0.717) is 11.5 Å². The molecular weight excluding hydrogens is 238 g/mol. The van der Waals surface area contributed by atoms with E-state index in [1.54, 1.807) is 12.2 Å². The topological polar surface area (TPSA) is 83.9 Å². The number of hydroxylamine groups is 2. The molecule has 1 aliphatic heterocycles. The molecular formula is C12H15NO5. The highest BCUT2D eigenvalue weighted by atomic mass is 16.8. The third-order valence-corrected chi connectivity index (χ3v) is 3.75. The maximum atomic E-state index is 12.4. The predicted molar refractivity (Wildman–Crippen MR) is 60.1 cm³/mol. The van der Waals surface area contributed by atoms with Crippen molar-refractivity contribution in [3.8, 4) is 0 Å².